The average Bonchev–Trinajstić information content (AvgIpc) is 3.36. The van der Waals surface area contributed by atoms with E-state index < -0.39 is 63.7 Å². The van der Waals surface area contributed by atoms with E-state index in [4.69, 9.17) is 4.74 Å². The maximum Gasteiger partial charge on any atom is 0.343 e. The number of methoxy groups -OCH3 is 1. The van der Waals surface area contributed by atoms with E-state index in [1.54, 1.807) is 64.6 Å². The van der Waals surface area contributed by atoms with E-state index in [-0.39, 0.29) is 130 Å². The standard InChI is InChI=1S/C21H16FNO6.C19H14FNO4.C14H13NO4.2Y/c1-29-19(25)9-18(24)13-4-7-17-15(8-13)20(26)16(21(27)28)11-23(17)10-12-2-5-14(22)6-3-12;1-11(22)13-4-7-17-15(8-13)18(23)16(19(24)25)10-21(17)9-12-2-5-14(20)6-3-12;1-3-19-14(18)11-7-15-12-5-4-9(8(2)16)6-10(12)13(11)17;;/h2-8,11H,9-10H2,1H3,(H,27,28);2-8,10H,9H2,1H3,(H,24,25);4-7H,3H2,1-2H3,(H,15,17);;. The molecule has 3 N–H and O–H groups in total. The van der Waals surface area contributed by atoms with Crippen LogP contribution < -0.4 is 16.3 Å². The maximum absolute atomic E-state index is 13.1. The van der Waals surface area contributed by atoms with Crippen LogP contribution in [0.1, 0.15) is 100 Å². The minimum Gasteiger partial charge on any atom is -0.477 e. The predicted octanol–water partition coefficient (Wildman–Crippen LogP) is 7.63. The van der Waals surface area contributed by atoms with Gasteiger partial charge in [-0.05, 0) is 111 Å². The molecule has 0 amide bonds. The first-order chi connectivity index (χ1) is 34.7. The fourth-order valence-corrected chi connectivity index (χ4v) is 7.43. The first kappa shape index (κ1) is 60.2. The number of hydrogen-bond acceptors (Lipinski definition) is 12. The number of carbonyl (C=O) groups is 7. The van der Waals surface area contributed by atoms with Gasteiger partial charge in [-0.15, -0.1) is 0 Å². The van der Waals surface area contributed by atoms with Crippen molar-refractivity contribution in [2.24, 2.45) is 0 Å². The minimum absolute atomic E-state index is 0. The molecule has 0 spiro atoms. The number of ether oxygens (including phenoxy) is 2. The van der Waals surface area contributed by atoms with Crippen LogP contribution in [0.5, 0.6) is 0 Å². The fourth-order valence-electron chi connectivity index (χ4n) is 7.43. The van der Waals surface area contributed by atoms with Gasteiger partial charge in [0.05, 0.1) is 24.8 Å². The summed E-state index contributed by atoms with van der Waals surface area (Å²) >= 11 is 0. The Morgan fingerprint density at radius 1 is 0.573 bits per heavy atom. The Kier molecular flexibility index (Phi) is 21.5. The van der Waals surface area contributed by atoms with Gasteiger partial charge >= 0.3 is 23.9 Å². The van der Waals surface area contributed by atoms with Crippen LogP contribution in [0.4, 0.5) is 8.78 Å². The van der Waals surface area contributed by atoms with Gasteiger partial charge in [0.2, 0.25) is 16.3 Å². The van der Waals surface area contributed by atoms with Crippen molar-refractivity contribution in [3.05, 3.63) is 209 Å². The minimum atomic E-state index is -1.41. The molecule has 21 heteroatoms. The van der Waals surface area contributed by atoms with Gasteiger partial charge in [-0.1, -0.05) is 24.3 Å². The summed E-state index contributed by atoms with van der Waals surface area (Å²) in [4.78, 5) is 121. The molecule has 2 radical (unpaired) electrons. The second-order valence-corrected chi connectivity index (χ2v) is 16.1. The fraction of sp³-hybridized carbons (Fsp3) is 0.148. The number of H-pyrrole nitrogens is 1. The number of carbonyl (C=O) groups excluding carboxylic acids is 5. The van der Waals surface area contributed by atoms with Crippen LogP contribution >= 0.6 is 0 Å². The average molecular weight is 1170 g/mol. The molecule has 0 aliphatic rings. The number of esters is 2. The van der Waals surface area contributed by atoms with Crippen molar-refractivity contribution >= 4 is 73.9 Å². The molecule has 0 aliphatic heterocycles. The number of fused-ring (bicyclic) bond motifs is 3. The van der Waals surface area contributed by atoms with Crippen molar-refractivity contribution in [3.8, 4) is 0 Å². The van der Waals surface area contributed by atoms with Gasteiger partial charge in [-0.3, -0.25) is 33.6 Å². The molecule has 5 aromatic carbocycles. The third-order valence-corrected chi connectivity index (χ3v) is 11.2. The molecule has 3 aromatic heterocycles. The molecule has 0 saturated carbocycles. The quantitative estimate of drug-likeness (QED) is 0.0570. The number of aromatic nitrogens is 3. The van der Waals surface area contributed by atoms with Crippen molar-refractivity contribution in [1.29, 1.82) is 0 Å². The van der Waals surface area contributed by atoms with Crippen LogP contribution in [0.25, 0.3) is 32.7 Å². The number of hydrogen-bond donors (Lipinski definition) is 3. The topological polar surface area (TPSA) is 255 Å². The van der Waals surface area contributed by atoms with E-state index in [1.165, 1.54) is 87.0 Å². The number of nitrogens with one attached hydrogen (secondary N) is 1. The van der Waals surface area contributed by atoms with Gasteiger partial charge in [0, 0.05) is 135 Å². The zero-order chi connectivity index (χ0) is 53.3. The molecular weight excluding hydrogens is 1130 g/mol. The number of Topliss-reactive ketones (excluding diaryl/α,β-unsaturated/α-hetero) is 3. The Balaban J connectivity index is 0.000000245. The van der Waals surface area contributed by atoms with Crippen LogP contribution in [0.15, 0.2) is 136 Å². The van der Waals surface area contributed by atoms with Gasteiger partial charge in [0.1, 0.15) is 34.7 Å². The summed E-state index contributed by atoms with van der Waals surface area (Å²) in [5.74, 6) is -5.81. The number of ketones is 3. The van der Waals surface area contributed by atoms with E-state index in [9.17, 15) is 66.9 Å². The number of carboxylic acid groups (broad SMARTS) is 2. The second-order valence-electron chi connectivity index (χ2n) is 16.1. The molecular formula is C54H43F2N3O14Y2. The molecule has 75 heavy (non-hydrogen) atoms. The first-order valence-corrected chi connectivity index (χ1v) is 22.0. The van der Waals surface area contributed by atoms with Gasteiger partial charge in [0.25, 0.3) is 0 Å². The van der Waals surface area contributed by atoms with Gasteiger partial charge < -0.3 is 33.8 Å². The molecule has 0 fully saturated rings. The molecule has 0 saturated heterocycles. The Labute approximate surface area is 474 Å². The molecule has 0 aliphatic carbocycles. The summed E-state index contributed by atoms with van der Waals surface area (Å²) in [5.41, 5.74) is 1.06. The Morgan fingerprint density at radius 2 is 0.987 bits per heavy atom. The van der Waals surface area contributed by atoms with Crippen LogP contribution in [0.2, 0.25) is 0 Å². The zero-order valence-corrected chi connectivity index (χ0v) is 46.2. The molecule has 17 nitrogen and oxygen atoms in total. The van der Waals surface area contributed by atoms with Crippen molar-refractivity contribution in [3.63, 3.8) is 0 Å². The number of rotatable bonds is 13. The number of carboxylic acids is 2. The maximum atomic E-state index is 13.1. The van der Waals surface area contributed by atoms with E-state index in [0.29, 0.717) is 38.6 Å². The largest absolute Gasteiger partial charge is 0.477 e. The zero-order valence-electron chi connectivity index (χ0n) is 40.5. The number of halogens is 2. The number of nitrogens with zero attached hydrogens (tertiary/aromatic N) is 2. The van der Waals surface area contributed by atoms with Gasteiger partial charge in [0.15, 0.2) is 17.3 Å². The summed E-state index contributed by atoms with van der Waals surface area (Å²) in [7, 11) is 1.16. The second kappa shape index (κ2) is 26.8. The molecule has 8 aromatic rings. The van der Waals surface area contributed by atoms with E-state index in [0.717, 1.165) is 12.7 Å². The smallest absolute Gasteiger partial charge is 0.343 e. The van der Waals surface area contributed by atoms with Crippen LogP contribution in [0.3, 0.4) is 0 Å². The van der Waals surface area contributed by atoms with Crippen molar-refractivity contribution in [2.75, 3.05) is 13.7 Å². The van der Waals surface area contributed by atoms with Crippen LogP contribution in [-0.4, -0.2) is 79.3 Å². The Morgan fingerprint density at radius 3 is 1.41 bits per heavy atom. The molecule has 0 bridgehead atoms. The third kappa shape index (κ3) is 14.7. The van der Waals surface area contributed by atoms with Crippen molar-refractivity contribution < 1.29 is 127 Å². The van der Waals surface area contributed by atoms with E-state index in [1.807, 2.05) is 0 Å². The van der Waals surface area contributed by atoms with Crippen LogP contribution in [-0.2, 0) is 92.8 Å². The number of pyridine rings is 3. The number of benzene rings is 5. The molecule has 3 heterocycles. The predicted molar refractivity (Wildman–Crippen MR) is 263 cm³/mol. The third-order valence-electron chi connectivity index (χ3n) is 11.2. The van der Waals surface area contributed by atoms with E-state index in [2.05, 4.69) is 9.72 Å². The SMILES string of the molecule is CC(=O)c1ccc2c(c1)c(=O)c(C(=O)O)cn2Cc1ccc(F)cc1.CCOC(=O)c1c[nH]c2ccc(C(C)=O)cc2c1=O.COC(=O)CC(=O)c1ccc2c(c1)c(=O)c(C(=O)O)cn2Cc1ccc(F)cc1.[Y].[Y]. The molecule has 8 rings (SSSR count). The van der Waals surface area contributed by atoms with E-state index >= 15 is 0 Å². The monoisotopic (exact) mass is 1170 g/mol. The summed E-state index contributed by atoms with van der Waals surface area (Å²) < 4.78 is 38.6. The molecule has 0 atom stereocenters. The Bertz CT molecular complexity index is 3720. The first-order valence-electron chi connectivity index (χ1n) is 22.0. The Hall–Kier alpha value is -7.31. The number of aromatic amines is 1. The summed E-state index contributed by atoms with van der Waals surface area (Å²) in [5, 5.41) is 19.2. The summed E-state index contributed by atoms with van der Waals surface area (Å²) in [6.07, 6.45) is 3.32. The summed E-state index contributed by atoms with van der Waals surface area (Å²) in [6, 6.07) is 25.1. The van der Waals surface area contributed by atoms with Gasteiger partial charge in [-0.25, -0.2) is 23.2 Å². The summed E-state index contributed by atoms with van der Waals surface area (Å²) in [6.45, 7) is 5.11. The normalized spacial score (nSPS) is 10.4. The van der Waals surface area contributed by atoms with Crippen molar-refractivity contribution in [1.82, 2.24) is 14.1 Å². The van der Waals surface area contributed by atoms with Gasteiger partial charge in [-0.2, -0.15) is 0 Å². The number of aromatic carboxylic acids is 2. The van der Waals surface area contributed by atoms with Crippen molar-refractivity contribution in [2.45, 2.75) is 40.3 Å². The molecule has 378 valence electrons. The molecule has 0 unspecified atom stereocenters. The van der Waals surface area contributed by atoms with Crippen LogP contribution in [0, 0.1) is 11.6 Å².